The van der Waals surface area contributed by atoms with Gasteiger partial charge in [0.15, 0.2) is 0 Å². The Labute approximate surface area is 169 Å². The third-order valence-corrected chi connectivity index (χ3v) is 5.10. The number of likely N-dealkylation sites (tertiary alicyclic amines) is 1. The Bertz CT molecular complexity index is 824. The fourth-order valence-corrected chi connectivity index (χ4v) is 3.27. The topological polar surface area (TPSA) is 47.9 Å². The maximum absolute atomic E-state index is 9.59. The third-order valence-electron chi connectivity index (χ3n) is 5.10. The van der Waals surface area contributed by atoms with Gasteiger partial charge in [0.2, 0.25) is 0 Å². The molecule has 4 nitrogen and oxygen atoms in total. The van der Waals surface area contributed by atoms with E-state index in [1.54, 1.807) is 6.08 Å². The fourth-order valence-electron chi connectivity index (χ4n) is 3.27. The highest BCUT2D eigenvalue weighted by Crippen LogP contribution is 2.25. The first-order chi connectivity index (χ1) is 13.3. The lowest BCUT2D eigenvalue weighted by molar-refractivity contribution is 0.241. The van der Waals surface area contributed by atoms with Gasteiger partial charge in [-0.05, 0) is 44.4 Å². The average Bonchev–Trinajstić information content (AvgIpc) is 2.71. The Kier molecular flexibility index (Phi) is 7.44. The Morgan fingerprint density at radius 3 is 2.43 bits per heavy atom. The molecule has 1 fully saturated rings. The van der Waals surface area contributed by atoms with E-state index >= 15 is 0 Å². The van der Waals surface area contributed by atoms with Crippen LogP contribution in [0.5, 0.6) is 0 Å². The Morgan fingerprint density at radius 1 is 1.21 bits per heavy atom. The molecular formula is C24H31N3O. The molecule has 28 heavy (non-hydrogen) atoms. The summed E-state index contributed by atoms with van der Waals surface area (Å²) in [6.07, 6.45) is 5.81. The highest BCUT2D eigenvalue weighted by molar-refractivity contribution is 5.99. The molecule has 0 amide bonds. The molecule has 1 heterocycles. The minimum atomic E-state index is 0.0573. The number of hydrogen-bond acceptors (Lipinski definition) is 4. The highest BCUT2D eigenvalue weighted by Gasteiger charge is 2.22. The summed E-state index contributed by atoms with van der Waals surface area (Å²) < 4.78 is 0. The molecule has 1 aromatic rings. The molecule has 1 aliphatic heterocycles. The van der Waals surface area contributed by atoms with Crippen LogP contribution in [0.2, 0.25) is 0 Å². The van der Waals surface area contributed by atoms with Crippen LogP contribution >= 0.6 is 0 Å². The zero-order chi connectivity index (χ0) is 20.7. The van der Waals surface area contributed by atoms with Gasteiger partial charge in [-0.2, -0.15) is 0 Å². The van der Waals surface area contributed by atoms with E-state index in [0.29, 0.717) is 11.5 Å². The van der Waals surface area contributed by atoms with Gasteiger partial charge in [-0.1, -0.05) is 50.6 Å². The van der Waals surface area contributed by atoms with Crippen LogP contribution in [0.4, 0.5) is 0 Å². The van der Waals surface area contributed by atoms with Gasteiger partial charge < -0.3 is 15.3 Å². The van der Waals surface area contributed by atoms with Crippen molar-refractivity contribution in [3.8, 4) is 0 Å². The Morgan fingerprint density at radius 2 is 1.86 bits per heavy atom. The van der Waals surface area contributed by atoms with Gasteiger partial charge in [0.25, 0.3) is 0 Å². The van der Waals surface area contributed by atoms with Crippen LogP contribution in [-0.4, -0.2) is 28.8 Å². The molecule has 0 radical (unpaired) electrons. The minimum Gasteiger partial charge on any atom is -0.508 e. The van der Waals surface area contributed by atoms with Crippen LogP contribution in [-0.2, 0) is 0 Å². The number of allylic oxidation sites excluding steroid dienone is 3. The number of aliphatic hydroxyl groups excluding tert-OH is 1. The van der Waals surface area contributed by atoms with E-state index < -0.39 is 0 Å². The molecule has 0 spiro atoms. The minimum absolute atomic E-state index is 0.0573. The molecule has 4 heteroatoms. The van der Waals surface area contributed by atoms with Gasteiger partial charge in [-0.3, -0.25) is 0 Å². The third kappa shape index (κ3) is 5.49. The summed E-state index contributed by atoms with van der Waals surface area (Å²) in [5, 5.41) is 12.9. The van der Waals surface area contributed by atoms with E-state index in [0.717, 1.165) is 54.4 Å². The number of aliphatic imine (C=N–C) groups is 1. The van der Waals surface area contributed by atoms with Crippen LogP contribution in [0.1, 0.15) is 37.8 Å². The van der Waals surface area contributed by atoms with Gasteiger partial charge in [0.05, 0.1) is 0 Å². The molecule has 1 aromatic carbocycles. The van der Waals surface area contributed by atoms with E-state index in [1.807, 2.05) is 44.2 Å². The van der Waals surface area contributed by atoms with Crippen molar-refractivity contribution in [1.82, 2.24) is 10.2 Å². The molecular weight excluding hydrogens is 346 g/mol. The largest absolute Gasteiger partial charge is 0.508 e. The highest BCUT2D eigenvalue weighted by atomic mass is 16.3. The molecule has 0 aliphatic carbocycles. The SMILES string of the molecule is C=C/C(=C\C)NC(=C)C1CCN(C(=C)/N=C(\C)c2cccc(C(=C)O)c2)CC1. The van der Waals surface area contributed by atoms with Crippen molar-refractivity contribution in [2.45, 2.75) is 26.7 Å². The van der Waals surface area contributed by atoms with Crippen LogP contribution < -0.4 is 5.32 Å². The first-order valence-corrected chi connectivity index (χ1v) is 9.58. The van der Waals surface area contributed by atoms with Crippen LogP contribution in [0.3, 0.4) is 0 Å². The summed E-state index contributed by atoms with van der Waals surface area (Å²) in [7, 11) is 0. The number of hydrogen-bond donors (Lipinski definition) is 2. The van der Waals surface area contributed by atoms with Crippen LogP contribution in [0, 0.1) is 5.92 Å². The quantitative estimate of drug-likeness (QED) is 0.362. The van der Waals surface area contributed by atoms with Crippen molar-refractivity contribution in [3.05, 3.63) is 91.1 Å². The Balaban J connectivity index is 1.97. The second kappa shape index (κ2) is 9.79. The standard InChI is InChI=1S/C24H31N3O/c1-7-24(8-2)26-17(3)21-12-14-27(15-13-21)20(6)25-18(4)22-10-9-11-23(16-22)19(5)28/h7-11,16,21,26,28H,1,3,5-6,12-15H2,2,4H3/b24-8+,25-18+. The fraction of sp³-hybridized carbons (Fsp3) is 0.292. The molecule has 2 rings (SSSR count). The molecule has 0 aromatic heterocycles. The molecule has 2 N–H and O–H groups in total. The summed E-state index contributed by atoms with van der Waals surface area (Å²) in [5.41, 5.74) is 4.54. The van der Waals surface area contributed by atoms with Crippen molar-refractivity contribution < 1.29 is 5.11 Å². The normalized spacial score (nSPS) is 15.9. The molecule has 1 aliphatic rings. The van der Waals surface area contributed by atoms with E-state index in [4.69, 9.17) is 4.99 Å². The Hall–Kier alpha value is -3.01. The van der Waals surface area contributed by atoms with Crippen molar-refractivity contribution in [3.63, 3.8) is 0 Å². The number of aliphatic hydroxyl groups is 1. The lowest BCUT2D eigenvalue weighted by Crippen LogP contribution is -2.35. The molecule has 0 bridgehead atoms. The summed E-state index contributed by atoms with van der Waals surface area (Å²) in [5.74, 6) is 1.25. The molecule has 0 unspecified atom stereocenters. The van der Waals surface area contributed by atoms with E-state index in [-0.39, 0.29) is 5.76 Å². The van der Waals surface area contributed by atoms with Crippen molar-refractivity contribution in [2.24, 2.45) is 10.9 Å². The summed E-state index contributed by atoms with van der Waals surface area (Å²) in [6.45, 7) is 21.5. The summed E-state index contributed by atoms with van der Waals surface area (Å²) in [6, 6.07) is 7.57. The maximum Gasteiger partial charge on any atom is 0.121 e. The first kappa shape index (κ1) is 21.3. The van der Waals surface area contributed by atoms with Crippen LogP contribution in [0.15, 0.2) is 84.9 Å². The second-order valence-electron chi connectivity index (χ2n) is 7.00. The molecule has 0 saturated carbocycles. The molecule has 148 valence electrons. The number of rotatable bonds is 8. The van der Waals surface area contributed by atoms with Crippen LogP contribution in [0.25, 0.3) is 5.76 Å². The van der Waals surface area contributed by atoms with Crippen molar-refractivity contribution >= 4 is 11.5 Å². The van der Waals surface area contributed by atoms with E-state index in [9.17, 15) is 5.11 Å². The summed E-state index contributed by atoms with van der Waals surface area (Å²) in [4.78, 5) is 6.91. The van der Waals surface area contributed by atoms with E-state index in [1.165, 1.54) is 0 Å². The number of nitrogens with one attached hydrogen (secondary N) is 1. The van der Waals surface area contributed by atoms with Crippen molar-refractivity contribution in [1.29, 1.82) is 0 Å². The maximum atomic E-state index is 9.59. The predicted octanol–water partition coefficient (Wildman–Crippen LogP) is 5.40. The van der Waals surface area contributed by atoms with Gasteiger partial charge in [0, 0.05) is 41.7 Å². The van der Waals surface area contributed by atoms with Gasteiger partial charge >= 0.3 is 0 Å². The van der Waals surface area contributed by atoms with Gasteiger partial charge in [0.1, 0.15) is 11.6 Å². The number of nitrogens with zero attached hydrogens (tertiary/aromatic N) is 2. The molecule has 1 saturated heterocycles. The zero-order valence-corrected chi connectivity index (χ0v) is 17.0. The average molecular weight is 378 g/mol. The smallest absolute Gasteiger partial charge is 0.121 e. The number of piperidine rings is 1. The van der Waals surface area contributed by atoms with E-state index in [2.05, 4.69) is 36.5 Å². The van der Waals surface area contributed by atoms with Gasteiger partial charge in [-0.25, -0.2) is 4.99 Å². The molecule has 0 atom stereocenters. The monoisotopic (exact) mass is 377 g/mol. The van der Waals surface area contributed by atoms with Crippen molar-refractivity contribution in [2.75, 3.05) is 13.1 Å². The number of benzene rings is 1. The summed E-state index contributed by atoms with van der Waals surface area (Å²) >= 11 is 0. The predicted molar refractivity (Wildman–Crippen MR) is 120 cm³/mol. The lowest BCUT2D eigenvalue weighted by Gasteiger charge is -2.34. The van der Waals surface area contributed by atoms with Gasteiger partial charge in [-0.15, -0.1) is 0 Å². The second-order valence-corrected chi connectivity index (χ2v) is 7.00. The first-order valence-electron chi connectivity index (χ1n) is 9.58. The lowest BCUT2D eigenvalue weighted by atomic mass is 9.94. The zero-order valence-electron chi connectivity index (χ0n) is 17.0.